The Bertz CT molecular complexity index is 703. The first-order valence-corrected chi connectivity index (χ1v) is 7.91. The molecule has 3 heterocycles. The fraction of sp³-hybridized carbons (Fsp3) is 0.562. The molecule has 7 nitrogen and oxygen atoms in total. The molecule has 2 atom stereocenters. The fourth-order valence-electron chi connectivity index (χ4n) is 3.04. The van der Waals surface area contributed by atoms with Crippen molar-refractivity contribution in [2.75, 3.05) is 11.9 Å². The number of nitrogens with zero attached hydrogens (tertiary/aromatic N) is 4. The van der Waals surface area contributed by atoms with E-state index in [9.17, 15) is 4.79 Å². The molecule has 3 rings (SSSR count). The molecule has 0 radical (unpaired) electrons. The molecular formula is C16H23N5O2. The van der Waals surface area contributed by atoms with E-state index in [2.05, 4.69) is 29.4 Å². The number of aromatic nitrogens is 4. The standard InChI is InChI=1S/C16H23N5O2/c1-10(2)12-5-6-23-15(12)16(22)18-14-7-13(19-21(14)4)11-8-17-20(3)9-11/h7-10,12,15H,5-6H2,1-4H3,(H,18,22)/t12-,15-/m1/s1. The zero-order chi connectivity index (χ0) is 16.6. The lowest BCUT2D eigenvalue weighted by molar-refractivity contribution is -0.127. The molecule has 0 aliphatic carbocycles. The zero-order valence-electron chi connectivity index (χ0n) is 14.0. The van der Waals surface area contributed by atoms with Crippen LogP contribution in [-0.4, -0.2) is 38.2 Å². The van der Waals surface area contributed by atoms with E-state index in [-0.39, 0.29) is 17.9 Å². The molecule has 2 aromatic heterocycles. The number of ether oxygens (including phenoxy) is 1. The van der Waals surface area contributed by atoms with Crippen LogP contribution in [0.5, 0.6) is 0 Å². The van der Waals surface area contributed by atoms with Crippen molar-refractivity contribution in [2.45, 2.75) is 26.4 Å². The van der Waals surface area contributed by atoms with E-state index < -0.39 is 0 Å². The molecular weight excluding hydrogens is 294 g/mol. The Labute approximate surface area is 135 Å². The van der Waals surface area contributed by atoms with Crippen LogP contribution >= 0.6 is 0 Å². The van der Waals surface area contributed by atoms with Crippen LogP contribution in [0.2, 0.25) is 0 Å². The summed E-state index contributed by atoms with van der Waals surface area (Å²) in [4.78, 5) is 12.5. The van der Waals surface area contributed by atoms with Gasteiger partial charge in [-0.2, -0.15) is 10.2 Å². The number of aryl methyl sites for hydroxylation is 2. The van der Waals surface area contributed by atoms with Crippen molar-refractivity contribution in [3.63, 3.8) is 0 Å². The summed E-state index contributed by atoms with van der Waals surface area (Å²) < 4.78 is 9.03. The molecule has 0 unspecified atom stereocenters. The smallest absolute Gasteiger partial charge is 0.254 e. The minimum absolute atomic E-state index is 0.0954. The summed E-state index contributed by atoms with van der Waals surface area (Å²) in [6.45, 7) is 4.90. The van der Waals surface area contributed by atoms with Crippen LogP contribution in [-0.2, 0) is 23.6 Å². The third-order valence-corrected chi connectivity index (χ3v) is 4.38. The molecule has 0 spiro atoms. The molecule has 1 amide bonds. The highest BCUT2D eigenvalue weighted by atomic mass is 16.5. The quantitative estimate of drug-likeness (QED) is 0.933. The molecule has 124 valence electrons. The second kappa shape index (κ2) is 6.16. The van der Waals surface area contributed by atoms with Crippen LogP contribution in [0, 0.1) is 11.8 Å². The fourth-order valence-corrected chi connectivity index (χ4v) is 3.04. The van der Waals surface area contributed by atoms with Crippen LogP contribution in [0.25, 0.3) is 11.3 Å². The van der Waals surface area contributed by atoms with Gasteiger partial charge >= 0.3 is 0 Å². The first-order chi connectivity index (χ1) is 11.0. The molecule has 1 saturated heterocycles. The number of hydrogen-bond donors (Lipinski definition) is 1. The van der Waals surface area contributed by atoms with Gasteiger partial charge in [-0.1, -0.05) is 13.8 Å². The number of nitrogens with one attached hydrogen (secondary N) is 1. The molecule has 1 aliphatic heterocycles. The van der Waals surface area contributed by atoms with Gasteiger partial charge in [0.2, 0.25) is 0 Å². The lowest BCUT2D eigenvalue weighted by Gasteiger charge is -2.20. The summed E-state index contributed by atoms with van der Waals surface area (Å²) in [5.41, 5.74) is 1.70. The van der Waals surface area contributed by atoms with E-state index in [1.165, 1.54) is 0 Å². The average Bonchev–Trinajstić information content (AvgIpc) is 3.19. The lowest BCUT2D eigenvalue weighted by Crippen LogP contribution is -2.35. The summed E-state index contributed by atoms with van der Waals surface area (Å²) in [5, 5.41) is 11.5. The Balaban J connectivity index is 1.75. The highest BCUT2D eigenvalue weighted by molar-refractivity contribution is 5.94. The Morgan fingerprint density at radius 1 is 1.43 bits per heavy atom. The maximum Gasteiger partial charge on any atom is 0.254 e. The third kappa shape index (κ3) is 3.14. The molecule has 0 aromatic carbocycles. The van der Waals surface area contributed by atoms with Gasteiger partial charge in [0.15, 0.2) is 0 Å². The number of carbonyl (C=O) groups excluding carboxylic acids is 1. The van der Waals surface area contributed by atoms with Gasteiger partial charge in [-0.3, -0.25) is 14.2 Å². The minimum atomic E-state index is -0.383. The summed E-state index contributed by atoms with van der Waals surface area (Å²) in [7, 11) is 3.67. The molecule has 23 heavy (non-hydrogen) atoms. The Hall–Kier alpha value is -2.15. The zero-order valence-corrected chi connectivity index (χ0v) is 14.0. The Morgan fingerprint density at radius 2 is 2.22 bits per heavy atom. The minimum Gasteiger partial charge on any atom is -0.368 e. The van der Waals surface area contributed by atoms with E-state index in [0.717, 1.165) is 17.7 Å². The maximum absolute atomic E-state index is 12.5. The number of anilines is 1. The van der Waals surface area contributed by atoms with Gasteiger partial charge in [0.05, 0.1) is 11.9 Å². The van der Waals surface area contributed by atoms with Crippen molar-refractivity contribution in [3.8, 4) is 11.3 Å². The van der Waals surface area contributed by atoms with Crippen molar-refractivity contribution >= 4 is 11.7 Å². The van der Waals surface area contributed by atoms with E-state index in [1.54, 1.807) is 15.6 Å². The molecule has 0 saturated carbocycles. The Morgan fingerprint density at radius 3 is 2.87 bits per heavy atom. The van der Waals surface area contributed by atoms with Crippen LogP contribution in [0.1, 0.15) is 20.3 Å². The van der Waals surface area contributed by atoms with Crippen LogP contribution in [0.4, 0.5) is 5.82 Å². The summed E-state index contributed by atoms with van der Waals surface area (Å²) in [5.74, 6) is 1.25. The van der Waals surface area contributed by atoms with Crippen molar-refractivity contribution in [2.24, 2.45) is 25.9 Å². The second-order valence-corrected chi connectivity index (χ2v) is 6.42. The molecule has 2 aromatic rings. The normalized spacial score (nSPS) is 21.1. The number of carbonyl (C=O) groups is 1. The average molecular weight is 317 g/mol. The lowest BCUT2D eigenvalue weighted by atomic mass is 9.89. The van der Waals surface area contributed by atoms with E-state index in [0.29, 0.717) is 18.3 Å². The monoisotopic (exact) mass is 317 g/mol. The van der Waals surface area contributed by atoms with E-state index in [1.807, 2.05) is 26.4 Å². The van der Waals surface area contributed by atoms with Crippen LogP contribution in [0.15, 0.2) is 18.5 Å². The van der Waals surface area contributed by atoms with Crippen molar-refractivity contribution in [1.82, 2.24) is 19.6 Å². The van der Waals surface area contributed by atoms with Gasteiger partial charge < -0.3 is 10.1 Å². The molecule has 7 heteroatoms. The molecule has 1 aliphatic rings. The van der Waals surface area contributed by atoms with Gasteiger partial charge in [0, 0.05) is 38.5 Å². The highest BCUT2D eigenvalue weighted by Gasteiger charge is 2.36. The second-order valence-electron chi connectivity index (χ2n) is 6.42. The third-order valence-electron chi connectivity index (χ3n) is 4.38. The van der Waals surface area contributed by atoms with Crippen LogP contribution in [0.3, 0.4) is 0 Å². The van der Waals surface area contributed by atoms with Crippen molar-refractivity contribution < 1.29 is 9.53 Å². The summed E-state index contributed by atoms with van der Waals surface area (Å²) >= 11 is 0. The SMILES string of the molecule is CC(C)[C@H]1CCO[C@H]1C(=O)Nc1cc(-c2cnn(C)c2)nn1C. The first kappa shape index (κ1) is 15.7. The highest BCUT2D eigenvalue weighted by Crippen LogP contribution is 2.29. The van der Waals surface area contributed by atoms with E-state index >= 15 is 0 Å². The number of hydrogen-bond acceptors (Lipinski definition) is 4. The molecule has 1 N–H and O–H groups in total. The number of amides is 1. The molecule has 1 fully saturated rings. The van der Waals surface area contributed by atoms with Crippen molar-refractivity contribution in [3.05, 3.63) is 18.5 Å². The summed E-state index contributed by atoms with van der Waals surface area (Å²) in [6, 6.07) is 1.86. The predicted octanol–water partition coefficient (Wildman–Crippen LogP) is 1.82. The summed E-state index contributed by atoms with van der Waals surface area (Å²) in [6.07, 6.45) is 4.19. The van der Waals surface area contributed by atoms with Gasteiger partial charge in [-0.15, -0.1) is 0 Å². The van der Waals surface area contributed by atoms with Crippen molar-refractivity contribution in [1.29, 1.82) is 0 Å². The number of rotatable bonds is 4. The largest absolute Gasteiger partial charge is 0.368 e. The molecule has 0 bridgehead atoms. The van der Waals surface area contributed by atoms with Gasteiger partial charge in [-0.25, -0.2) is 0 Å². The van der Waals surface area contributed by atoms with Gasteiger partial charge in [0.1, 0.15) is 11.9 Å². The van der Waals surface area contributed by atoms with E-state index in [4.69, 9.17) is 4.74 Å². The van der Waals surface area contributed by atoms with Crippen LogP contribution < -0.4 is 5.32 Å². The topological polar surface area (TPSA) is 74.0 Å². The maximum atomic E-state index is 12.5. The van der Waals surface area contributed by atoms with Gasteiger partial charge in [-0.05, 0) is 18.3 Å². The first-order valence-electron chi connectivity index (χ1n) is 7.91. The Kier molecular flexibility index (Phi) is 4.21. The predicted molar refractivity (Wildman–Crippen MR) is 86.7 cm³/mol. The van der Waals surface area contributed by atoms with Gasteiger partial charge in [0.25, 0.3) is 5.91 Å².